The van der Waals surface area contributed by atoms with Gasteiger partial charge in [-0.25, -0.2) is 10.2 Å². The lowest BCUT2D eigenvalue weighted by Crippen LogP contribution is -2.52. The maximum absolute atomic E-state index is 11.9. The monoisotopic (exact) mass is 333 g/mol. The molecule has 0 radical (unpaired) electrons. The molecular weight excluding hydrogens is 306 g/mol. The molecule has 1 heterocycles. The maximum Gasteiger partial charge on any atom is 0.333 e. The summed E-state index contributed by atoms with van der Waals surface area (Å²) in [5.41, 5.74) is 5.95. The SMILES string of the molecule is CC(CC(C)(C)c1ccccc1)NC(=O)NNC(=O)C1CCCO1. The fourth-order valence-corrected chi connectivity index (χ4v) is 3.07. The van der Waals surface area contributed by atoms with Crippen LogP contribution in [0, 0.1) is 0 Å². The predicted molar refractivity (Wildman–Crippen MR) is 92.3 cm³/mol. The van der Waals surface area contributed by atoms with Crippen LogP contribution in [-0.4, -0.2) is 30.7 Å². The molecule has 1 aromatic carbocycles. The standard InChI is InChI=1S/C18H27N3O3/c1-13(12-18(2,3)14-8-5-4-6-9-14)19-17(23)21-20-16(22)15-10-7-11-24-15/h4-6,8-9,13,15H,7,10-12H2,1-3H3,(H,20,22)(H2,19,21,23). The summed E-state index contributed by atoms with van der Waals surface area (Å²) in [7, 11) is 0. The molecule has 3 N–H and O–H groups in total. The van der Waals surface area contributed by atoms with E-state index in [1.54, 1.807) is 0 Å². The molecular formula is C18H27N3O3. The van der Waals surface area contributed by atoms with Gasteiger partial charge in [0.15, 0.2) is 0 Å². The van der Waals surface area contributed by atoms with E-state index in [9.17, 15) is 9.59 Å². The average Bonchev–Trinajstić information content (AvgIpc) is 3.07. The summed E-state index contributed by atoms with van der Waals surface area (Å²) in [6.07, 6.45) is 1.89. The van der Waals surface area contributed by atoms with E-state index in [1.807, 2.05) is 25.1 Å². The van der Waals surface area contributed by atoms with Gasteiger partial charge in [-0.1, -0.05) is 44.2 Å². The van der Waals surface area contributed by atoms with Crippen LogP contribution >= 0.6 is 0 Å². The van der Waals surface area contributed by atoms with E-state index >= 15 is 0 Å². The summed E-state index contributed by atoms with van der Waals surface area (Å²) in [5.74, 6) is -0.306. The molecule has 0 bridgehead atoms. The molecule has 6 nitrogen and oxygen atoms in total. The lowest BCUT2D eigenvalue weighted by Gasteiger charge is -2.29. The Morgan fingerprint density at radius 1 is 1.25 bits per heavy atom. The summed E-state index contributed by atoms with van der Waals surface area (Å²) < 4.78 is 5.26. The van der Waals surface area contributed by atoms with Crippen LogP contribution in [0.2, 0.25) is 0 Å². The van der Waals surface area contributed by atoms with Gasteiger partial charge in [-0.05, 0) is 37.2 Å². The number of urea groups is 1. The van der Waals surface area contributed by atoms with E-state index in [0.29, 0.717) is 13.0 Å². The van der Waals surface area contributed by atoms with Crippen LogP contribution in [0.3, 0.4) is 0 Å². The Bertz CT molecular complexity index is 554. The van der Waals surface area contributed by atoms with E-state index < -0.39 is 12.1 Å². The van der Waals surface area contributed by atoms with Crippen LogP contribution in [-0.2, 0) is 14.9 Å². The van der Waals surface area contributed by atoms with E-state index in [-0.39, 0.29) is 17.4 Å². The second-order valence-electron chi connectivity index (χ2n) is 6.94. The van der Waals surface area contributed by atoms with Crippen molar-refractivity contribution in [3.8, 4) is 0 Å². The molecule has 0 aromatic heterocycles. The van der Waals surface area contributed by atoms with Gasteiger partial charge < -0.3 is 10.1 Å². The minimum absolute atomic E-state index is 0.0418. The number of hydrogen-bond donors (Lipinski definition) is 3. The van der Waals surface area contributed by atoms with Crippen molar-refractivity contribution in [1.82, 2.24) is 16.2 Å². The molecule has 2 unspecified atom stereocenters. The van der Waals surface area contributed by atoms with Gasteiger partial charge in [0.2, 0.25) is 0 Å². The highest BCUT2D eigenvalue weighted by atomic mass is 16.5. The zero-order valence-electron chi connectivity index (χ0n) is 14.6. The van der Waals surface area contributed by atoms with Gasteiger partial charge in [0.1, 0.15) is 6.10 Å². The Morgan fingerprint density at radius 2 is 1.96 bits per heavy atom. The number of ether oxygens (including phenoxy) is 1. The first kappa shape index (κ1) is 18.3. The average molecular weight is 333 g/mol. The number of amides is 3. The molecule has 2 atom stereocenters. The van der Waals surface area contributed by atoms with Crippen LogP contribution in [0.15, 0.2) is 30.3 Å². The van der Waals surface area contributed by atoms with Gasteiger partial charge in [0, 0.05) is 12.6 Å². The van der Waals surface area contributed by atoms with Gasteiger partial charge in [-0.3, -0.25) is 10.2 Å². The Kier molecular flexibility index (Phi) is 6.20. The first-order chi connectivity index (χ1) is 11.4. The zero-order valence-corrected chi connectivity index (χ0v) is 14.6. The number of hydrogen-bond acceptors (Lipinski definition) is 3. The predicted octanol–water partition coefficient (Wildman–Crippen LogP) is 2.25. The molecule has 1 aromatic rings. The minimum Gasteiger partial charge on any atom is -0.368 e. The summed E-state index contributed by atoms with van der Waals surface area (Å²) >= 11 is 0. The highest BCUT2D eigenvalue weighted by Crippen LogP contribution is 2.28. The molecule has 6 heteroatoms. The fraction of sp³-hybridized carbons (Fsp3) is 0.556. The first-order valence-corrected chi connectivity index (χ1v) is 8.42. The summed E-state index contributed by atoms with van der Waals surface area (Å²) in [6.45, 7) is 6.84. The third kappa shape index (κ3) is 5.23. The minimum atomic E-state index is -0.459. The Hall–Kier alpha value is -2.08. The number of rotatable bonds is 5. The van der Waals surface area contributed by atoms with Crippen molar-refractivity contribution in [1.29, 1.82) is 0 Å². The second kappa shape index (κ2) is 8.15. The smallest absolute Gasteiger partial charge is 0.333 e. The first-order valence-electron chi connectivity index (χ1n) is 8.42. The summed E-state index contributed by atoms with van der Waals surface area (Å²) in [4.78, 5) is 23.7. The largest absolute Gasteiger partial charge is 0.368 e. The van der Waals surface area contributed by atoms with Crippen molar-refractivity contribution in [3.05, 3.63) is 35.9 Å². The molecule has 2 rings (SSSR count). The van der Waals surface area contributed by atoms with Crippen LogP contribution in [0.4, 0.5) is 4.79 Å². The third-order valence-electron chi connectivity index (χ3n) is 4.27. The van der Waals surface area contributed by atoms with Gasteiger partial charge in [0.05, 0.1) is 0 Å². The number of nitrogens with one attached hydrogen (secondary N) is 3. The number of benzene rings is 1. The van der Waals surface area contributed by atoms with Crippen LogP contribution in [0.5, 0.6) is 0 Å². The van der Waals surface area contributed by atoms with Gasteiger partial charge >= 0.3 is 6.03 Å². The van der Waals surface area contributed by atoms with Crippen molar-refractivity contribution in [2.75, 3.05) is 6.61 Å². The molecule has 1 aliphatic rings. The molecule has 0 spiro atoms. The molecule has 0 saturated carbocycles. The van der Waals surface area contributed by atoms with Crippen LogP contribution in [0.1, 0.15) is 45.6 Å². The fourth-order valence-electron chi connectivity index (χ4n) is 3.07. The second-order valence-corrected chi connectivity index (χ2v) is 6.94. The molecule has 1 saturated heterocycles. The zero-order chi connectivity index (χ0) is 17.6. The van der Waals surface area contributed by atoms with Crippen LogP contribution < -0.4 is 16.2 Å². The Balaban J connectivity index is 1.76. The number of carbonyl (C=O) groups excluding carboxylic acids is 2. The molecule has 24 heavy (non-hydrogen) atoms. The lowest BCUT2D eigenvalue weighted by atomic mass is 9.79. The maximum atomic E-state index is 11.9. The van der Waals surface area contributed by atoms with Gasteiger partial charge in [-0.2, -0.15) is 0 Å². The molecule has 3 amide bonds. The highest BCUT2D eigenvalue weighted by Gasteiger charge is 2.25. The molecule has 132 valence electrons. The number of hydrazine groups is 1. The van der Waals surface area contributed by atoms with Crippen molar-refractivity contribution in [3.63, 3.8) is 0 Å². The molecule has 1 aliphatic heterocycles. The van der Waals surface area contributed by atoms with E-state index in [0.717, 1.165) is 12.8 Å². The lowest BCUT2D eigenvalue weighted by molar-refractivity contribution is -0.130. The summed E-state index contributed by atoms with van der Waals surface area (Å²) in [6, 6.07) is 9.75. The Morgan fingerprint density at radius 3 is 2.58 bits per heavy atom. The third-order valence-corrected chi connectivity index (χ3v) is 4.27. The Labute approximate surface area is 143 Å². The van der Waals surface area contributed by atoms with Crippen molar-refractivity contribution >= 4 is 11.9 Å². The molecule has 1 fully saturated rings. The normalized spacial score (nSPS) is 18.7. The highest BCUT2D eigenvalue weighted by molar-refractivity contribution is 5.84. The van der Waals surface area contributed by atoms with Crippen LogP contribution in [0.25, 0.3) is 0 Å². The van der Waals surface area contributed by atoms with Crippen molar-refractivity contribution in [2.45, 2.75) is 57.6 Å². The number of carbonyl (C=O) groups is 2. The van der Waals surface area contributed by atoms with E-state index in [2.05, 4.69) is 42.1 Å². The quantitative estimate of drug-likeness (QED) is 0.723. The van der Waals surface area contributed by atoms with Gasteiger partial charge in [-0.15, -0.1) is 0 Å². The van der Waals surface area contributed by atoms with E-state index in [1.165, 1.54) is 5.56 Å². The topological polar surface area (TPSA) is 79.5 Å². The van der Waals surface area contributed by atoms with Gasteiger partial charge in [0.25, 0.3) is 5.91 Å². The van der Waals surface area contributed by atoms with Crippen molar-refractivity contribution < 1.29 is 14.3 Å². The van der Waals surface area contributed by atoms with Crippen molar-refractivity contribution in [2.24, 2.45) is 0 Å². The van der Waals surface area contributed by atoms with E-state index in [4.69, 9.17) is 4.74 Å². The summed E-state index contributed by atoms with van der Waals surface area (Å²) in [5, 5.41) is 2.85. The molecule has 0 aliphatic carbocycles.